The third-order valence-corrected chi connectivity index (χ3v) is 8.17. The van der Waals surface area contributed by atoms with Gasteiger partial charge >= 0.3 is 138 Å². The summed E-state index contributed by atoms with van der Waals surface area (Å²) in [6.07, 6.45) is 0. The zero-order chi connectivity index (χ0) is 12.9. The Morgan fingerprint density at radius 2 is 0.650 bits per heavy atom. The van der Waals surface area contributed by atoms with Gasteiger partial charge in [0.15, 0.2) is 0 Å². The van der Waals surface area contributed by atoms with Gasteiger partial charge < -0.3 is 0 Å². The van der Waals surface area contributed by atoms with Crippen molar-refractivity contribution in [3.05, 3.63) is 91.0 Å². The van der Waals surface area contributed by atoms with E-state index in [1.54, 1.807) is 0 Å². The predicted octanol–water partition coefficient (Wildman–Crippen LogP) is 2.20. The normalized spacial score (nSPS) is 10.1. The van der Waals surface area contributed by atoms with Gasteiger partial charge in [0.2, 0.25) is 0 Å². The second kappa shape index (κ2) is 7.59. The first kappa shape index (κ1) is 15.2. The molecule has 0 aliphatic carbocycles. The summed E-state index contributed by atoms with van der Waals surface area (Å²) >= 11 is -1.39. The van der Waals surface area contributed by atoms with Crippen LogP contribution in [0, 0.1) is 0 Å². The summed E-state index contributed by atoms with van der Waals surface area (Å²) in [6.45, 7) is 0. The summed E-state index contributed by atoms with van der Waals surface area (Å²) in [4.78, 5) is 0. The van der Waals surface area contributed by atoms with E-state index in [1.807, 2.05) is 0 Å². The number of hydrogen-bond acceptors (Lipinski definition) is 0. The van der Waals surface area contributed by atoms with Crippen molar-refractivity contribution in [2.75, 3.05) is 0 Å². The Hall–Kier alpha value is -1.15. The molecule has 0 heterocycles. The predicted molar refractivity (Wildman–Crippen MR) is 84.0 cm³/mol. The standard InChI is InChI=1S/C18H15As.Os/c1-4-10-16(11-5-1)19(17-12-6-2-7-13-17)18-14-8-3-9-15-18;/h1-15H;/q;+2. The Labute approximate surface area is 138 Å². The molecule has 3 aromatic carbocycles. The van der Waals surface area contributed by atoms with Gasteiger partial charge in [-0.05, 0) is 0 Å². The summed E-state index contributed by atoms with van der Waals surface area (Å²) in [5.74, 6) is 0. The summed E-state index contributed by atoms with van der Waals surface area (Å²) in [6, 6.07) is 32.7. The third-order valence-electron chi connectivity index (χ3n) is 3.04. The molecule has 0 fully saturated rings. The summed E-state index contributed by atoms with van der Waals surface area (Å²) in [5, 5.41) is 0. The fourth-order valence-electron chi connectivity index (χ4n) is 2.18. The van der Waals surface area contributed by atoms with E-state index in [2.05, 4.69) is 91.0 Å². The molecule has 0 atom stereocenters. The number of benzene rings is 3. The molecular formula is C18H15AsOs+2. The number of rotatable bonds is 3. The Morgan fingerprint density at radius 1 is 0.400 bits per heavy atom. The molecule has 0 spiro atoms. The van der Waals surface area contributed by atoms with E-state index in [4.69, 9.17) is 0 Å². The van der Waals surface area contributed by atoms with Gasteiger partial charge in [0, 0.05) is 0 Å². The van der Waals surface area contributed by atoms with Gasteiger partial charge in [-0.25, -0.2) is 0 Å². The van der Waals surface area contributed by atoms with Crippen LogP contribution in [0.2, 0.25) is 0 Å². The zero-order valence-corrected chi connectivity index (χ0v) is 15.4. The van der Waals surface area contributed by atoms with Gasteiger partial charge in [0.05, 0.1) is 0 Å². The van der Waals surface area contributed by atoms with E-state index in [-0.39, 0.29) is 19.8 Å². The molecule has 0 N–H and O–H groups in total. The second-order valence-electron chi connectivity index (χ2n) is 4.34. The first-order chi connectivity index (χ1) is 9.45. The van der Waals surface area contributed by atoms with Gasteiger partial charge in [-0.3, -0.25) is 0 Å². The van der Waals surface area contributed by atoms with Crippen molar-refractivity contribution >= 4 is 27.7 Å². The van der Waals surface area contributed by atoms with Crippen LogP contribution in [0.25, 0.3) is 0 Å². The Bertz CT molecular complexity index is 529. The van der Waals surface area contributed by atoms with Crippen LogP contribution in [0.1, 0.15) is 0 Å². The van der Waals surface area contributed by atoms with Gasteiger partial charge in [-0.2, -0.15) is 0 Å². The molecule has 0 amide bonds. The number of hydrogen-bond donors (Lipinski definition) is 0. The van der Waals surface area contributed by atoms with Gasteiger partial charge in [0.1, 0.15) is 0 Å². The van der Waals surface area contributed by atoms with Crippen LogP contribution in [0.15, 0.2) is 91.0 Å². The molecule has 0 radical (unpaired) electrons. The molecule has 0 saturated heterocycles. The first-order valence-corrected chi connectivity index (χ1v) is 9.22. The molecule has 0 unspecified atom stereocenters. The van der Waals surface area contributed by atoms with Crippen LogP contribution in [-0.4, -0.2) is 14.7 Å². The maximum atomic E-state index is 2.26. The minimum atomic E-state index is -1.39. The Morgan fingerprint density at radius 3 is 0.900 bits per heavy atom. The van der Waals surface area contributed by atoms with E-state index < -0.39 is 14.7 Å². The molecule has 0 aliphatic heterocycles. The van der Waals surface area contributed by atoms with E-state index in [9.17, 15) is 0 Å². The van der Waals surface area contributed by atoms with E-state index in [0.29, 0.717) is 0 Å². The van der Waals surface area contributed by atoms with Crippen molar-refractivity contribution in [3.8, 4) is 0 Å². The summed E-state index contributed by atoms with van der Waals surface area (Å²) < 4.78 is 4.44. The average molecular weight is 496 g/mol. The quantitative estimate of drug-likeness (QED) is 0.488. The van der Waals surface area contributed by atoms with Crippen molar-refractivity contribution in [2.24, 2.45) is 0 Å². The van der Waals surface area contributed by atoms with Crippen molar-refractivity contribution in [1.29, 1.82) is 0 Å². The first-order valence-electron chi connectivity index (χ1n) is 6.40. The molecule has 0 aliphatic rings. The Kier molecular flexibility index (Phi) is 5.78. The summed E-state index contributed by atoms with van der Waals surface area (Å²) in [5.41, 5.74) is 0. The monoisotopic (exact) mass is 498 g/mol. The van der Waals surface area contributed by atoms with Gasteiger partial charge in [0.25, 0.3) is 0 Å². The van der Waals surface area contributed by atoms with E-state index >= 15 is 0 Å². The van der Waals surface area contributed by atoms with Gasteiger partial charge in [-0.15, -0.1) is 0 Å². The van der Waals surface area contributed by atoms with Crippen LogP contribution in [0.4, 0.5) is 0 Å². The van der Waals surface area contributed by atoms with E-state index in [0.717, 1.165) is 0 Å². The fourth-order valence-corrected chi connectivity index (χ4v) is 7.02. The van der Waals surface area contributed by atoms with Crippen LogP contribution in [0.5, 0.6) is 0 Å². The van der Waals surface area contributed by atoms with Crippen LogP contribution < -0.4 is 13.1 Å². The molecular weight excluding hydrogens is 481 g/mol. The maximum absolute atomic E-state index is 2.26. The molecule has 2 heteroatoms. The van der Waals surface area contributed by atoms with Crippen LogP contribution >= 0.6 is 0 Å². The van der Waals surface area contributed by atoms with Gasteiger partial charge in [-0.1, -0.05) is 0 Å². The third kappa shape index (κ3) is 3.49. The molecule has 98 valence electrons. The zero-order valence-electron chi connectivity index (χ0n) is 11.0. The fraction of sp³-hybridized carbons (Fsp3) is 0. The molecule has 0 aromatic heterocycles. The molecule has 20 heavy (non-hydrogen) atoms. The van der Waals surface area contributed by atoms with E-state index in [1.165, 1.54) is 13.1 Å². The SMILES string of the molecule is [Os+2].c1ccc([As](c2ccccc2)c2ccccc2)cc1. The molecule has 0 saturated carbocycles. The second-order valence-corrected chi connectivity index (χ2v) is 9.00. The summed E-state index contributed by atoms with van der Waals surface area (Å²) in [7, 11) is 0. The molecule has 0 nitrogen and oxygen atoms in total. The topological polar surface area (TPSA) is 0 Å². The van der Waals surface area contributed by atoms with Crippen LogP contribution in [-0.2, 0) is 19.8 Å². The van der Waals surface area contributed by atoms with Crippen LogP contribution in [0.3, 0.4) is 0 Å². The van der Waals surface area contributed by atoms with Crippen molar-refractivity contribution in [3.63, 3.8) is 0 Å². The average Bonchev–Trinajstić information content (AvgIpc) is 2.51. The Balaban J connectivity index is 0.00000147. The van der Waals surface area contributed by atoms with Crippen molar-refractivity contribution in [2.45, 2.75) is 0 Å². The molecule has 3 aromatic rings. The molecule has 3 rings (SSSR count). The van der Waals surface area contributed by atoms with Crippen molar-refractivity contribution < 1.29 is 19.8 Å². The minimum absolute atomic E-state index is 0. The van der Waals surface area contributed by atoms with Crippen molar-refractivity contribution in [1.82, 2.24) is 0 Å². The molecule has 0 bridgehead atoms.